The highest BCUT2D eigenvalue weighted by Gasteiger charge is 2.22. The molecule has 2 aromatic rings. The third kappa shape index (κ3) is 3.86. The van der Waals surface area contributed by atoms with E-state index in [0.717, 1.165) is 34.5 Å². The van der Waals surface area contributed by atoms with Crippen LogP contribution < -0.4 is 10.6 Å². The Hall–Kier alpha value is -0.980. The van der Waals surface area contributed by atoms with Crippen LogP contribution in [0, 0.1) is 5.92 Å². The average Bonchev–Trinajstić information content (AvgIpc) is 2.89. The van der Waals surface area contributed by atoms with E-state index in [1.54, 1.807) is 11.3 Å². The number of benzene rings is 1. The molecule has 2 N–H and O–H groups in total. The number of fused-ring (bicyclic) bond motifs is 1. The van der Waals surface area contributed by atoms with Crippen LogP contribution in [0.3, 0.4) is 0 Å². The number of rotatable bonds is 4. The summed E-state index contributed by atoms with van der Waals surface area (Å²) in [6.45, 7) is 4.13. The molecule has 0 saturated carbocycles. The minimum absolute atomic E-state index is 0.126. The smallest absolute Gasteiger partial charge is 0.220 e. The minimum Gasteiger partial charge on any atom is -0.352 e. The van der Waals surface area contributed by atoms with Gasteiger partial charge >= 0.3 is 0 Å². The number of halogens is 1. The first-order chi connectivity index (χ1) is 10.6. The molecule has 0 spiro atoms. The number of hydrogen-bond acceptors (Lipinski definition) is 4. The molecule has 0 aliphatic carbocycles. The van der Waals surface area contributed by atoms with Crippen LogP contribution in [-0.2, 0) is 11.2 Å². The molecule has 4 nitrogen and oxygen atoms in total. The van der Waals surface area contributed by atoms with E-state index in [1.807, 2.05) is 12.1 Å². The van der Waals surface area contributed by atoms with Gasteiger partial charge in [-0.15, -0.1) is 11.3 Å². The summed E-state index contributed by atoms with van der Waals surface area (Å²) in [4.78, 5) is 16.7. The Labute approximate surface area is 142 Å². The molecule has 1 fully saturated rings. The molecule has 0 radical (unpaired) electrons. The van der Waals surface area contributed by atoms with Gasteiger partial charge in [-0.1, -0.05) is 22.9 Å². The van der Waals surface area contributed by atoms with Crippen molar-refractivity contribution in [1.82, 2.24) is 15.6 Å². The standard InChI is InChI=1S/C16H20BrN3OS/c1-10-6-7-18-9-13(10)19-15(21)4-5-16-20-12-8-11(17)2-3-14(12)22-16/h2-3,8,10,13,18H,4-7,9H2,1H3,(H,19,21). The largest absolute Gasteiger partial charge is 0.352 e. The van der Waals surface area contributed by atoms with Gasteiger partial charge in [-0.25, -0.2) is 4.98 Å². The van der Waals surface area contributed by atoms with Gasteiger partial charge in [0.25, 0.3) is 0 Å². The van der Waals surface area contributed by atoms with E-state index in [2.05, 4.69) is 44.5 Å². The summed E-state index contributed by atoms with van der Waals surface area (Å²) in [5.74, 6) is 0.672. The van der Waals surface area contributed by atoms with Gasteiger partial charge in [-0.2, -0.15) is 0 Å². The lowest BCUT2D eigenvalue weighted by Crippen LogP contribution is -2.50. The molecule has 2 unspecified atom stereocenters. The second kappa shape index (κ2) is 7.06. The molecule has 0 bridgehead atoms. The lowest BCUT2D eigenvalue weighted by molar-refractivity contribution is -0.122. The fourth-order valence-electron chi connectivity index (χ4n) is 2.74. The summed E-state index contributed by atoms with van der Waals surface area (Å²) in [6, 6.07) is 6.36. The quantitative estimate of drug-likeness (QED) is 0.855. The van der Waals surface area contributed by atoms with Gasteiger partial charge in [0.1, 0.15) is 0 Å². The van der Waals surface area contributed by atoms with Gasteiger partial charge in [0.15, 0.2) is 0 Å². The maximum Gasteiger partial charge on any atom is 0.220 e. The summed E-state index contributed by atoms with van der Waals surface area (Å²) < 4.78 is 2.21. The molecule has 2 heterocycles. The highest BCUT2D eigenvalue weighted by Crippen LogP contribution is 2.25. The maximum absolute atomic E-state index is 12.1. The number of hydrogen-bond donors (Lipinski definition) is 2. The van der Waals surface area contributed by atoms with Crippen molar-refractivity contribution in [2.24, 2.45) is 5.92 Å². The van der Waals surface area contributed by atoms with E-state index >= 15 is 0 Å². The van der Waals surface area contributed by atoms with E-state index in [9.17, 15) is 4.79 Å². The highest BCUT2D eigenvalue weighted by atomic mass is 79.9. The second-order valence-electron chi connectivity index (χ2n) is 5.86. The normalized spacial score (nSPS) is 21.9. The van der Waals surface area contributed by atoms with Gasteiger partial charge in [0.05, 0.1) is 15.2 Å². The Morgan fingerprint density at radius 2 is 2.41 bits per heavy atom. The van der Waals surface area contributed by atoms with E-state index in [1.165, 1.54) is 4.70 Å². The zero-order valence-electron chi connectivity index (χ0n) is 12.6. The number of nitrogens with one attached hydrogen (secondary N) is 2. The predicted octanol–water partition coefficient (Wildman–Crippen LogP) is 3.11. The van der Waals surface area contributed by atoms with Crippen molar-refractivity contribution >= 4 is 43.4 Å². The van der Waals surface area contributed by atoms with E-state index < -0.39 is 0 Å². The molecule has 1 aliphatic rings. The van der Waals surface area contributed by atoms with Crippen LogP contribution in [0.2, 0.25) is 0 Å². The molecule has 6 heteroatoms. The van der Waals surface area contributed by atoms with Crippen molar-refractivity contribution in [2.45, 2.75) is 32.2 Å². The van der Waals surface area contributed by atoms with Crippen LogP contribution in [0.1, 0.15) is 24.8 Å². The average molecular weight is 382 g/mol. The van der Waals surface area contributed by atoms with Crippen molar-refractivity contribution in [3.05, 3.63) is 27.7 Å². The van der Waals surface area contributed by atoms with E-state index in [0.29, 0.717) is 18.8 Å². The third-order valence-corrected chi connectivity index (χ3v) is 5.72. The van der Waals surface area contributed by atoms with Crippen molar-refractivity contribution < 1.29 is 4.79 Å². The number of carbonyl (C=O) groups is 1. The highest BCUT2D eigenvalue weighted by molar-refractivity contribution is 9.10. The number of thiazole rings is 1. The topological polar surface area (TPSA) is 54.0 Å². The Balaban J connectivity index is 1.55. The van der Waals surface area contributed by atoms with Gasteiger partial charge in [-0.05, 0) is 37.1 Å². The number of piperidine rings is 1. The molecular formula is C16H20BrN3OS. The van der Waals surface area contributed by atoms with Crippen LogP contribution in [0.4, 0.5) is 0 Å². The van der Waals surface area contributed by atoms with E-state index in [-0.39, 0.29) is 11.9 Å². The van der Waals surface area contributed by atoms with Crippen molar-refractivity contribution in [2.75, 3.05) is 13.1 Å². The minimum atomic E-state index is 0.126. The molecular weight excluding hydrogens is 362 g/mol. The maximum atomic E-state index is 12.1. The number of amides is 1. The Bertz CT molecular complexity index is 672. The number of aryl methyl sites for hydroxylation is 1. The molecule has 1 saturated heterocycles. The Morgan fingerprint density at radius 3 is 3.23 bits per heavy atom. The summed E-state index contributed by atoms with van der Waals surface area (Å²) in [7, 11) is 0. The van der Waals surface area contributed by atoms with Gasteiger partial charge in [0, 0.05) is 29.9 Å². The second-order valence-corrected chi connectivity index (χ2v) is 7.89. The first-order valence-electron chi connectivity index (χ1n) is 7.67. The summed E-state index contributed by atoms with van der Waals surface area (Å²) in [6.07, 6.45) is 2.33. The van der Waals surface area contributed by atoms with E-state index in [4.69, 9.17) is 0 Å². The zero-order chi connectivity index (χ0) is 15.5. The zero-order valence-corrected chi connectivity index (χ0v) is 15.0. The molecule has 3 rings (SSSR count). The summed E-state index contributed by atoms with van der Waals surface area (Å²) in [5.41, 5.74) is 1.000. The third-order valence-electron chi connectivity index (χ3n) is 4.13. The van der Waals surface area contributed by atoms with Crippen LogP contribution in [0.5, 0.6) is 0 Å². The summed E-state index contributed by atoms with van der Waals surface area (Å²) in [5, 5.41) is 7.51. The van der Waals surface area contributed by atoms with Gasteiger partial charge in [0.2, 0.25) is 5.91 Å². The predicted molar refractivity (Wildman–Crippen MR) is 94.2 cm³/mol. The van der Waals surface area contributed by atoms with Crippen LogP contribution >= 0.6 is 27.3 Å². The molecule has 1 amide bonds. The van der Waals surface area contributed by atoms with Crippen molar-refractivity contribution in [1.29, 1.82) is 0 Å². The lowest BCUT2D eigenvalue weighted by Gasteiger charge is -2.30. The number of nitrogens with zero attached hydrogens (tertiary/aromatic N) is 1. The Kier molecular flexibility index (Phi) is 5.10. The fourth-order valence-corrected chi connectivity index (χ4v) is 4.03. The monoisotopic (exact) mass is 381 g/mol. The lowest BCUT2D eigenvalue weighted by atomic mass is 9.95. The first kappa shape index (κ1) is 15.9. The van der Waals surface area contributed by atoms with Crippen molar-refractivity contribution in [3.8, 4) is 0 Å². The van der Waals surface area contributed by atoms with Crippen LogP contribution in [0.25, 0.3) is 10.2 Å². The summed E-state index contributed by atoms with van der Waals surface area (Å²) >= 11 is 5.13. The van der Waals surface area contributed by atoms with Crippen molar-refractivity contribution in [3.63, 3.8) is 0 Å². The van der Waals surface area contributed by atoms with Crippen LogP contribution in [-0.4, -0.2) is 30.0 Å². The number of carbonyl (C=O) groups excluding carboxylic acids is 1. The molecule has 118 valence electrons. The SMILES string of the molecule is CC1CCNCC1NC(=O)CCc1nc2cc(Br)ccc2s1. The molecule has 1 aromatic carbocycles. The molecule has 2 atom stereocenters. The van der Waals surface area contributed by atoms with Gasteiger partial charge < -0.3 is 10.6 Å². The molecule has 22 heavy (non-hydrogen) atoms. The molecule has 1 aliphatic heterocycles. The van der Waals surface area contributed by atoms with Crippen LogP contribution in [0.15, 0.2) is 22.7 Å². The van der Waals surface area contributed by atoms with Gasteiger partial charge in [-0.3, -0.25) is 4.79 Å². The Morgan fingerprint density at radius 1 is 1.55 bits per heavy atom. The number of aromatic nitrogens is 1. The first-order valence-corrected chi connectivity index (χ1v) is 9.28. The fraction of sp³-hybridized carbons (Fsp3) is 0.500. The molecule has 1 aromatic heterocycles.